The number of rotatable bonds is 10. The molecule has 1 heterocycles. The maximum atomic E-state index is 13.9. The fourth-order valence-corrected chi connectivity index (χ4v) is 4.66. The molecule has 0 bridgehead atoms. The number of carbonyl (C=O) groups excluding carboxylic acids is 2. The highest BCUT2D eigenvalue weighted by Crippen LogP contribution is 2.42. The molecule has 8 heteroatoms. The molecule has 1 unspecified atom stereocenters. The summed E-state index contributed by atoms with van der Waals surface area (Å²) in [5.41, 5.74) is 14.1. The van der Waals surface area contributed by atoms with E-state index in [9.17, 15) is 19.8 Å². The lowest BCUT2D eigenvalue weighted by molar-refractivity contribution is 0.0672. The molecule has 0 saturated heterocycles. The highest BCUT2D eigenvalue weighted by molar-refractivity contribution is 6.00. The van der Waals surface area contributed by atoms with Crippen LogP contribution in [0.4, 0.5) is 0 Å². The average molecular weight is 490 g/mol. The number of nitrogens with two attached hydrogens (primary N) is 2. The van der Waals surface area contributed by atoms with Crippen molar-refractivity contribution in [2.45, 2.75) is 44.9 Å². The van der Waals surface area contributed by atoms with Crippen LogP contribution in [0, 0.1) is 0 Å². The Morgan fingerprint density at radius 3 is 2.50 bits per heavy atom. The molecule has 0 radical (unpaired) electrons. The van der Waals surface area contributed by atoms with Gasteiger partial charge in [0.15, 0.2) is 0 Å². The van der Waals surface area contributed by atoms with Crippen molar-refractivity contribution < 1.29 is 24.5 Å². The van der Waals surface area contributed by atoms with Gasteiger partial charge in [0.2, 0.25) is 5.91 Å². The zero-order valence-corrected chi connectivity index (χ0v) is 20.0. The maximum Gasteiger partial charge on any atom is 0.262 e. The van der Waals surface area contributed by atoms with Crippen LogP contribution in [0.5, 0.6) is 17.2 Å². The Morgan fingerprint density at radius 2 is 1.78 bits per heavy atom. The van der Waals surface area contributed by atoms with Crippen LogP contribution in [0.3, 0.4) is 0 Å². The fraction of sp³-hybridized carbons (Fsp3) is 0.286. The molecule has 0 saturated carbocycles. The molecule has 6 N–H and O–H groups in total. The molecule has 1 aliphatic heterocycles. The summed E-state index contributed by atoms with van der Waals surface area (Å²) >= 11 is 0. The smallest absolute Gasteiger partial charge is 0.262 e. The van der Waals surface area contributed by atoms with Gasteiger partial charge >= 0.3 is 0 Å². The first-order chi connectivity index (χ1) is 17.4. The van der Waals surface area contributed by atoms with E-state index in [2.05, 4.69) is 0 Å². The normalized spacial score (nSPS) is 14.5. The minimum atomic E-state index is -0.533. The number of unbranched alkanes of at least 4 members (excludes halogenated alkanes) is 2. The number of amides is 2. The average Bonchev–Trinajstić information content (AvgIpc) is 3.23. The maximum absolute atomic E-state index is 13.9. The lowest BCUT2D eigenvalue weighted by atomic mass is 9.97. The van der Waals surface area contributed by atoms with Crippen molar-refractivity contribution in [3.63, 3.8) is 0 Å². The Kier molecular flexibility index (Phi) is 7.75. The van der Waals surface area contributed by atoms with Crippen LogP contribution >= 0.6 is 0 Å². The van der Waals surface area contributed by atoms with Gasteiger partial charge in [0.25, 0.3) is 5.91 Å². The van der Waals surface area contributed by atoms with Crippen LogP contribution in [0.1, 0.15) is 69.1 Å². The monoisotopic (exact) mass is 489 g/mol. The van der Waals surface area contributed by atoms with Crippen molar-refractivity contribution >= 4 is 11.8 Å². The van der Waals surface area contributed by atoms with E-state index < -0.39 is 11.8 Å². The molecule has 0 aliphatic carbocycles. The van der Waals surface area contributed by atoms with Gasteiger partial charge in [0.05, 0.1) is 6.04 Å². The molecule has 3 aromatic rings. The second-order valence-corrected chi connectivity index (χ2v) is 8.98. The molecule has 1 atom stereocenters. The van der Waals surface area contributed by atoms with Crippen molar-refractivity contribution in [2.75, 3.05) is 6.54 Å². The number of fused-ring (bicyclic) bond motifs is 1. The predicted octanol–water partition coefficient (Wildman–Crippen LogP) is 3.99. The van der Waals surface area contributed by atoms with Gasteiger partial charge < -0.3 is 31.3 Å². The lowest BCUT2D eigenvalue weighted by Gasteiger charge is -2.27. The highest BCUT2D eigenvalue weighted by Gasteiger charge is 2.36. The topological polar surface area (TPSA) is 139 Å². The first-order valence-electron chi connectivity index (χ1n) is 12.1. The van der Waals surface area contributed by atoms with E-state index in [1.807, 2.05) is 36.4 Å². The summed E-state index contributed by atoms with van der Waals surface area (Å²) < 4.78 is 5.90. The number of benzene rings is 3. The van der Waals surface area contributed by atoms with Crippen molar-refractivity contribution in [2.24, 2.45) is 11.5 Å². The van der Waals surface area contributed by atoms with Gasteiger partial charge in [-0.05, 0) is 48.2 Å². The number of hydrogen-bond donors (Lipinski definition) is 4. The Balaban J connectivity index is 1.66. The quantitative estimate of drug-likeness (QED) is 0.318. The number of phenols is 2. The van der Waals surface area contributed by atoms with E-state index in [1.54, 1.807) is 17.0 Å². The highest BCUT2D eigenvalue weighted by atomic mass is 16.5. The second kappa shape index (κ2) is 11.1. The number of nitrogens with zero attached hydrogens (tertiary/aromatic N) is 1. The molecule has 0 fully saturated rings. The minimum absolute atomic E-state index is 0.0152. The van der Waals surface area contributed by atoms with Gasteiger partial charge in [-0.25, -0.2) is 0 Å². The Morgan fingerprint density at radius 1 is 1.00 bits per heavy atom. The summed E-state index contributed by atoms with van der Waals surface area (Å²) in [6.07, 6.45) is 3.39. The van der Waals surface area contributed by atoms with Crippen LogP contribution in [0.15, 0.2) is 60.7 Å². The Labute approximate surface area is 210 Å². The first-order valence-corrected chi connectivity index (χ1v) is 12.1. The summed E-state index contributed by atoms with van der Waals surface area (Å²) in [4.78, 5) is 27.3. The van der Waals surface area contributed by atoms with Crippen molar-refractivity contribution in [3.8, 4) is 17.2 Å². The molecule has 2 amide bonds. The zero-order valence-electron chi connectivity index (χ0n) is 20.0. The standard InChI is InChI=1S/C28H31N3O5/c29-12-6-2-5-9-23-22-11-10-19(27(30)34)13-20(22)16-31(23)28(35)26-24(33)14-21(32)15-25(26)36-17-18-7-3-1-4-8-18/h1,3-4,7-8,10-11,13-15,23,32-33H,2,5-6,9,12,16-17,29H2,(H2,30,34). The minimum Gasteiger partial charge on any atom is -0.508 e. The molecule has 4 rings (SSSR count). The zero-order chi connectivity index (χ0) is 25.7. The number of hydrogen-bond acceptors (Lipinski definition) is 6. The van der Waals surface area contributed by atoms with E-state index in [1.165, 1.54) is 6.07 Å². The molecule has 1 aliphatic rings. The first kappa shape index (κ1) is 25.1. The molecule has 3 aromatic carbocycles. The second-order valence-electron chi connectivity index (χ2n) is 8.98. The van der Waals surface area contributed by atoms with Crippen molar-refractivity contribution in [1.82, 2.24) is 4.90 Å². The Bertz CT molecular complexity index is 1250. The Hall–Kier alpha value is -4.04. The number of phenolic OH excluding ortho intramolecular Hbond substituents is 2. The molecule has 188 valence electrons. The van der Waals surface area contributed by atoms with E-state index >= 15 is 0 Å². The van der Waals surface area contributed by atoms with Crippen LogP contribution in [0.2, 0.25) is 0 Å². The molecule has 0 spiro atoms. The SMILES string of the molecule is NCCCCCC1c2ccc(C(N)=O)cc2CN1C(=O)c1c(O)cc(O)cc1OCc1ccccc1. The van der Waals surface area contributed by atoms with E-state index in [0.717, 1.165) is 42.0 Å². The van der Waals surface area contributed by atoms with Crippen molar-refractivity contribution in [3.05, 3.63) is 88.5 Å². The van der Waals surface area contributed by atoms with Crippen LogP contribution < -0.4 is 16.2 Å². The van der Waals surface area contributed by atoms with Crippen LogP contribution in [0.25, 0.3) is 0 Å². The van der Waals surface area contributed by atoms with Gasteiger partial charge in [-0.15, -0.1) is 0 Å². The van der Waals surface area contributed by atoms with Gasteiger partial charge in [-0.2, -0.15) is 0 Å². The number of aromatic hydroxyl groups is 2. The third kappa shape index (κ3) is 5.44. The number of primary amides is 1. The van der Waals surface area contributed by atoms with Gasteiger partial charge in [0, 0.05) is 24.2 Å². The predicted molar refractivity (Wildman–Crippen MR) is 136 cm³/mol. The number of ether oxygens (including phenoxy) is 1. The third-order valence-electron chi connectivity index (χ3n) is 6.46. The van der Waals surface area contributed by atoms with E-state index in [0.29, 0.717) is 18.5 Å². The summed E-state index contributed by atoms with van der Waals surface area (Å²) in [5.74, 6) is -1.43. The molecular weight excluding hydrogens is 458 g/mol. The van der Waals surface area contributed by atoms with Crippen LogP contribution in [-0.4, -0.2) is 33.5 Å². The lowest BCUT2D eigenvalue weighted by Crippen LogP contribution is -2.30. The van der Waals surface area contributed by atoms with E-state index in [-0.39, 0.29) is 42.0 Å². The van der Waals surface area contributed by atoms with E-state index in [4.69, 9.17) is 16.2 Å². The summed E-state index contributed by atoms with van der Waals surface area (Å²) in [6.45, 7) is 1.03. The van der Waals surface area contributed by atoms with Gasteiger partial charge in [0.1, 0.15) is 29.4 Å². The van der Waals surface area contributed by atoms with Gasteiger partial charge in [-0.1, -0.05) is 49.2 Å². The molecule has 8 nitrogen and oxygen atoms in total. The largest absolute Gasteiger partial charge is 0.508 e. The molecular formula is C28H31N3O5. The van der Waals surface area contributed by atoms with Crippen LogP contribution in [-0.2, 0) is 13.2 Å². The summed E-state index contributed by atoms with van der Waals surface area (Å²) in [6, 6.07) is 16.9. The van der Waals surface area contributed by atoms with Crippen molar-refractivity contribution in [1.29, 1.82) is 0 Å². The molecule has 0 aromatic heterocycles. The fourth-order valence-electron chi connectivity index (χ4n) is 4.66. The third-order valence-corrected chi connectivity index (χ3v) is 6.46. The molecule has 36 heavy (non-hydrogen) atoms. The number of carbonyl (C=O) groups is 2. The summed E-state index contributed by atoms with van der Waals surface area (Å²) in [5, 5.41) is 20.8. The van der Waals surface area contributed by atoms with Gasteiger partial charge in [-0.3, -0.25) is 9.59 Å². The summed E-state index contributed by atoms with van der Waals surface area (Å²) in [7, 11) is 0.